The molecule has 1 aromatic carbocycles. The minimum atomic E-state index is -0.706. The molecular weight excluding hydrogens is 320 g/mol. The lowest BCUT2D eigenvalue weighted by atomic mass is 9.96. The molecule has 136 valence electrons. The molecular formula is C19H26N2O4. The molecule has 0 aromatic heterocycles. The van der Waals surface area contributed by atoms with E-state index in [0.29, 0.717) is 11.8 Å². The Morgan fingerprint density at radius 2 is 1.92 bits per heavy atom. The molecule has 0 bridgehead atoms. The molecule has 0 radical (unpaired) electrons. The van der Waals surface area contributed by atoms with Crippen molar-refractivity contribution in [3.63, 3.8) is 0 Å². The first-order valence-electron chi connectivity index (χ1n) is 8.55. The van der Waals surface area contributed by atoms with E-state index in [1.165, 1.54) is 11.9 Å². The number of nitrogens with one attached hydrogen (secondary N) is 1. The quantitative estimate of drug-likeness (QED) is 0.671. The van der Waals surface area contributed by atoms with E-state index in [2.05, 4.69) is 5.32 Å². The van der Waals surface area contributed by atoms with Gasteiger partial charge in [-0.1, -0.05) is 39.8 Å². The van der Waals surface area contributed by atoms with Gasteiger partial charge in [-0.3, -0.25) is 24.5 Å². The van der Waals surface area contributed by atoms with Gasteiger partial charge >= 0.3 is 0 Å². The van der Waals surface area contributed by atoms with Crippen molar-refractivity contribution in [2.75, 3.05) is 7.05 Å². The van der Waals surface area contributed by atoms with Crippen LogP contribution < -0.4 is 5.32 Å². The molecule has 0 aliphatic carbocycles. The van der Waals surface area contributed by atoms with E-state index in [0.717, 1.165) is 5.56 Å². The summed E-state index contributed by atoms with van der Waals surface area (Å²) in [5, 5.41) is 2.23. The van der Waals surface area contributed by atoms with Gasteiger partial charge in [-0.25, -0.2) is 0 Å². The molecule has 1 unspecified atom stereocenters. The van der Waals surface area contributed by atoms with Crippen LogP contribution in [0.5, 0.6) is 0 Å². The lowest BCUT2D eigenvalue weighted by Gasteiger charge is -2.30. The zero-order chi connectivity index (χ0) is 19.1. The van der Waals surface area contributed by atoms with Crippen LogP contribution in [0, 0.1) is 0 Å². The van der Waals surface area contributed by atoms with E-state index in [9.17, 15) is 19.2 Å². The van der Waals surface area contributed by atoms with Crippen LogP contribution in [0.3, 0.4) is 0 Å². The highest BCUT2D eigenvalue weighted by Gasteiger charge is 2.33. The van der Waals surface area contributed by atoms with Crippen molar-refractivity contribution in [1.29, 1.82) is 0 Å². The summed E-state index contributed by atoms with van der Waals surface area (Å²) in [6.07, 6.45) is 1.11. The van der Waals surface area contributed by atoms with E-state index in [1.54, 1.807) is 12.1 Å². The molecule has 1 saturated heterocycles. The normalized spacial score (nSPS) is 16.6. The average molecular weight is 346 g/mol. The number of carbonyl (C=O) groups is 4. The number of rotatable bonds is 4. The molecule has 25 heavy (non-hydrogen) atoms. The maximum Gasteiger partial charge on any atom is 0.255 e. The Balaban J connectivity index is 0.00000151. The number of benzene rings is 1. The molecule has 1 N–H and O–H groups in total. The summed E-state index contributed by atoms with van der Waals surface area (Å²) in [5.74, 6) is -1.00. The topological polar surface area (TPSA) is 83.6 Å². The predicted octanol–water partition coefficient (Wildman–Crippen LogP) is 2.53. The van der Waals surface area contributed by atoms with E-state index < -0.39 is 17.9 Å². The minimum Gasteiger partial charge on any atom is -0.330 e. The van der Waals surface area contributed by atoms with Gasteiger partial charge in [0.2, 0.25) is 11.8 Å². The number of aldehydes is 1. The molecule has 6 heteroatoms. The minimum absolute atomic E-state index is 0.195. The van der Waals surface area contributed by atoms with E-state index in [-0.39, 0.29) is 30.2 Å². The van der Waals surface area contributed by atoms with Gasteiger partial charge < -0.3 is 4.90 Å². The van der Waals surface area contributed by atoms with Gasteiger partial charge in [0.1, 0.15) is 6.04 Å². The average Bonchev–Trinajstić information content (AvgIpc) is 2.61. The molecule has 1 aliphatic rings. The molecule has 1 heterocycles. The highest BCUT2D eigenvalue weighted by Crippen LogP contribution is 2.21. The second-order valence-electron chi connectivity index (χ2n) is 6.00. The fourth-order valence-electron chi connectivity index (χ4n) is 2.60. The second kappa shape index (κ2) is 9.11. The molecule has 2 rings (SSSR count). The van der Waals surface area contributed by atoms with E-state index >= 15 is 0 Å². The number of nitrogens with zero attached hydrogens (tertiary/aromatic N) is 1. The van der Waals surface area contributed by atoms with Crippen LogP contribution in [-0.2, 0) is 9.59 Å². The number of piperidine rings is 1. The monoisotopic (exact) mass is 346 g/mol. The number of hydrogen-bond acceptors (Lipinski definition) is 4. The fourth-order valence-corrected chi connectivity index (χ4v) is 2.60. The molecule has 0 saturated carbocycles. The van der Waals surface area contributed by atoms with Crippen molar-refractivity contribution in [1.82, 2.24) is 10.2 Å². The first-order valence-corrected chi connectivity index (χ1v) is 8.55. The van der Waals surface area contributed by atoms with Gasteiger partial charge in [0.15, 0.2) is 6.29 Å². The SMILES string of the molecule is CC.CC(C)c1ccc(C=O)c(C(=O)N(C)C2CCC(=O)NC2=O)c1. The largest absolute Gasteiger partial charge is 0.330 e. The first-order chi connectivity index (χ1) is 11.8. The lowest BCUT2D eigenvalue weighted by Crippen LogP contribution is -2.53. The van der Waals surface area contributed by atoms with E-state index in [4.69, 9.17) is 0 Å². The molecule has 1 aromatic rings. The number of amides is 3. The Labute approximate surface area is 148 Å². The Kier molecular flexibility index (Phi) is 7.48. The van der Waals surface area contributed by atoms with Crippen LogP contribution in [0.15, 0.2) is 18.2 Å². The standard InChI is InChI=1S/C17H20N2O4.C2H6/c1-10(2)11-4-5-12(9-20)13(8-11)17(23)19(3)14-6-7-15(21)18-16(14)22;1-2/h4-5,8-10,14H,6-7H2,1-3H3,(H,18,21,22);1-2H3. The summed E-state index contributed by atoms with van der Waals surface area (Å²) in [4.78, 5) is 48.4. The molecule has 6 nitrogen and oxygen atoms in total. The van der Waals surface area contributed by atoms with Gasteiger partial charge in [0, 0.05) is 19.0 Å². The first kappa shape index (κ1) is 20.5. The summed E-state index contributed by atoms with van der Waals surface area (Å²) in [7, 11) is 1.51. The second-order valence-corrected chi connectivity index (χ2v) is 6.00. The highest BCUT2D eigenvalue weighted by molar-refractivity contribution is 6.06. The van der Waals surface area contributed by atoms with Crippen LogP contribution in [0.2, 0.25) is 0 Å². The van der Waals surface area contributed by atoms with Crippen molar-refractivity contribution >= 4 is 24.0 Å². The van der Waals surface area contributed by atoms with E-state index in [1.807, 2.05) is 33.8 Å². The van der Waals surface area contributed by atoms with Crippen molar-refractivity contribution in [3.05, 3.63) is 34.9 Å². The Bertz CT molecular complexity index is 667. The van der Waals surface area contributed by atoms with Gasteiger partial charge in [-0.15, -0.1) is 0 Å². The van der Waals surface area contributed by atoms with Crippen LogP contribution in [0.25, 0.3) is 0 Å². The smallest absolute Gasteiger partial charge is 0.255 e. The Morgan fingerprint density at radius 1 is 1.28 bits per heavy atom. The summed E-state index contributed by atoms with van der Waals surface area (Å²) < 4.78 is 0. The van der Waals surface area contributed by atoms with Crippen LogP contribution in [0.1, 0.15) is 72.7 Å². The maximum atomic E-state index is 12.7. The third-order valence-corrected chi connectivity index (χ3v) is 4.10. The van der Waals surface area contributed by atoms with Gasteiger partial charge in [0.05, 0.1) is 5.56 Å². The van der Waals surface area contributed by atoms with Crippen LogP contribution in [-0.4, -0.2) is 42.0 Å². The number of hydrogen-bond donors (Lipinski definition) is 1. The van der Waals surface area contributed by atoms with Gasteiger partial charge in [0.25, 0.3) is 5.91 Å². The number of imide groups is 1. The molecule has 1 atom stereocenters. The highest BCUT2D eigenvalue weighted by atomic mass is 16.2. The summed E-state index contributed by atoms with van der Waals surface area (Å²) in [6.45, 7) is 7.99. The van der Waals surface area contributed by atoms with Crippen molar-refractivity contribution in [2.24, 2.45) is 0 Å². The third-order valence-electron chi connectivity index (χ3n) is 4.10. The maximum absolute atomic E-state index is 12.7. The predicted molar refractivity (Wildman–Crippen MR) is 95.5 cm³/mol. The van der Waals surface area contributed by atoms with Crippen molar-refractivity contribution in [2.45, 2.75) is 52.5 Å². The molecule has 1 fully saturated rings. The number of carbonyl (C=O) groups excluding carboxylic acids is 4. The van der Waals surface area contributed by atoms with Gasteiger partial charge in [-0.2, -0.15) is 0 Å². The van der Waals surface area contributed by atoms with Crippen molar-refractivity contribution in [3.8, 4) is 0 Å². The summed E-state index contributed by atoms with van der Waals surface area (Å²) in [6, 6.07) is 4.42. The van der Waals surface area contributed by atoms with Crippen LogP contribution >= 0.6 is 0 Å². The fraction of sp³-hybridized carbons (Fsp3) is 0.474. The van der Waals surface area contributed by atoms with Crippen LogP contribution in [0.4, 0.5) is 0 Å². The molecule has 0 spiro atoms. The van der Waals surface area contributed by atoms with Crippen molar-refractivity contribution < 1.29 is 19.2 Å². The molecule has 3 amide bonds. The molecule has 1 aliphatic heterocycles. The number of likely N-dealkylation sites (N-methyl/N-ethyl adjacent to an activating group) is 1. The zero-order valence-corrected chi connectivity index (χ0v) is 15.5. The Morgan fingerprint density at radius 3 is 2.44 bits per heavy atom. The summed E-state index contributed by atoms with van der Waals surface area (Å²) in [5.41, 5.74) is 1.51. The van der Waals surface area contributed by atoms with Gasteiger partial charge in [-0.05, 0) is 24.0 Å². The zero-order valence-electron chi connectivity index (χ0n) is 15.5. The lowest BCUT2D eigenvalue weighted by molar-refractivity contribution is -0.136. The third kappa shape index (κ3) is 4.75. The summed E-state index contributed by atoms with van der Waals surface area (Å²) >= 11 is 0. The Hall–Kier alpha value is -2.50.